The van der Waals surface area contributed by atoms with Crippen LogP contribution in [0.25, 0.3) is 0 Å². The Labute approximate surface area is 165 Å². The minimum Gasteiger partial charge on any atom is -0.462 e. The number of esters is 1. The molecule has 1 heterocycles. The summed E-state index contributed by atoms with van der Waals surface area (Å²) in [6.07, 6.45) is 11.7. The van der Waals surface area contributed by atoms with Crippen LogP contribution in [0.5, 0.6) is 0 Å². The van der Waals surface area contributed by atoms with Gasteiger partial charge in [-0.15, -0.1) is 0 Å². The minimum absolute atomic E-state index is 0.0574. The van der Waals surface area contributed by atoms with Crippen molar-refractivity contribution in [3.05, 3.63) is 10.6 Å². The maximum atomic E-state index is 13.2. The van der Waals surface area contributed by atoms with Gasteiger partial charge in [-0.05, 0) is 39.5 Å². The molecule has 0 aromatic carbocycles. The number of thiazole rings is 1. The van der Waals surface area contributed by atoms with E-state index in [1.165, 1.54) is 49.9 Å². The van der Waals surface area contributed by atoms with Crippen molar-refractivity contribution in [2.24, 2.45) is 0 Å². The number of aromatic nitrogens is 1. The number of nitrogens with zero attached hydrogens (tertiary/aromatic N) is 2. The van der Waals surface area contributed by atoms with Crippen LogP contribution in [0.4, 0.5) is 9.93 Å². The van der Waals surface area contributed by atoms with Crippen LogP contribution in [-0.2, 0) is 4.74 Å². The van der Waals surface area contributed by atoms with E-state index in [4.69, 9.17) is 4.74 Å². The van der Waals surface area contributed by atoms with Crippen LogP contribution < -0.4 is 5.32 Å². The number of carbonyl (C=O) groups excluding carboxylic acids is 2. The van der Waals surface area contributed by atoms with Gasteiger partial charge in [0.05, 0.1) is 12.3 Å². The van der Waals surface area contributed by atoms with Crippen molar-refractivity contribution in [3.8, 4) is 0 Å². The zero-order valence-electron chi connectivity index (χ0n) is 16.5. The summed E-state index contributed by atoms with van der Waals surface area (Å²) in [5.41, 5.74) is 0.607. The molecule has 2 aliphatic carbocycles. The number of hydrogen-bond donors (Lipinski definition) is 1. The summed E-state index contributed by atoms with van der Waals surface area (Å²) in [6, 6.07) is 0.595. The Balaban J connectivity index is 1.73. The van der Waals surface area contributed by atoms with E-state index >= 15 is 0 Å². The molecule has 0 saturated heterocycles. The van der Waals surface area contributed by atoms with E-state index in [-0.39, 0.29) is 12.0 Å². The fourth-order valence-corrected chi connectivity index (χ4v) is 5.19. The molecule has 2 fully saturated rings. The molecule has 3 rings (SSSR count). The van der Waals surface area contributed by atoms with E-state index in [0.29, 0.717) is 34.4 Å². The molecule has 0 aliphatic heterocycles. The van der Waals surface area contributed by atoms with Gasteiger partial charge in [-0.1, -0.05) is 49.9 Å². The van der Waals surface area contributed by atoms with Crippen molar-refractivity contribution in [3.63, 3.8) is 0 Å². The van der Waals surface area contributed by atoms with Crippen LogP contribution in [0.1, 0.15) is 86.5 Å². The molecule has 0 unspecified atom stereocenters. The van der Waals surface area contributed by atoms with Crippen LogP contribution in [0, 0.1) is 6.92 Å². The van der Waals surface area contributed by atoms with Gasteiger partial charge in [0.25, 0.3) is 0 Å². The molecule has 27 heavy (non-hydrogen) atoms. The lowest BCUT2D eigenvalue weighted by Crippen LogP contribution is -2.50. The van der Waals surface area contributed by atoms with E-state index in [1.807, 2.05) is 0 Å². The first kappa shape index (κ1) is 20.1. The summed E-state index contributed by atoms with van der Waals surface area (Å²) < 4.78 is 5.07. The van der Waals surface area contributed by atoms with Crippen molar-refractivity contribution in [1.82, 2.24) is 9.88 Å². The van der Waals surface area contributed by atoms with Gasteiger partial charge in [0.1, 0.15) is 4.88 Å². The van der Waals surface area contributed by atoms with Crippen LogP contribution in [0.15, 0.2) is 0 Å². The molecule has 0 spiro atoms. The van der Waals surface area contributed by atoms with Crippen molar-refractivity contribution in [2.45, 2.75) is 90.1 Å². The number of rotatable bonds is 5. The largest absolute Gasteiger partial charge is 0.462 e. The summed E-state index contributed by atoms with van der Waals surface area (Å²) in [7, 11) is 0. The second-order valence-corrected chi connectivity index (χ2v) is 8.57. The second kappa shape index (κ2) is 9.53. The Hall–Kier alpha value is -1.63. The number of amides is 2. The standard InChI is InChI=1S/C20H31N3O3S/c1-3-26-18(24)17-14(2)21-19(27-17)22-20(25)23(15-10-6-4-7-11-15)16-12-8-5-9-13-16/h15-16H,3-13H2,1-2H3,(H,21,22,25). The Bertz CT molecular complexity index is 631. The van der Waals surface area contributed by atoms with E-state index in [9.17, 15) is 9.59 Å². The van der Waals surface area contributed by atoms with Crippen LogP contribution in [-0.4, -0.2) is 40.6 Å². The normalized spacial score (nSPS) is 18.9. The SMILES string of the molecule is CCOC(=O)c1sc(NC(=O)N(C2CCCCC2)C2CCCCC2)nc1C. The average Bonchev–Trinajstić information content (AvgIpc) is 3.04. The first-order chi connectivity index (χ1) is 13.1. The highest BCUT2D eigenvalue weighted by molar-refractivity contribution is 7.17. The summed E-state index contributed by atoms with van der Waals surface area (Å²) in [4.78, 5) is 32.2. The Morgan fingerprint density at radius 2 is 1.63 bits per heavy atom. The highest BCUT2D eigenvalue weighted by Gasteiger charge is 2.33. The molecule has 7 heteroatoms. The second-order valence-electron chi connectivity index (χ2n) is 7.58. The fourth-order valence-electron chi connectivity index (χ4n) is 4.34. The highest BCUT2D eigenvalue weighted by Crippen LogP contribution is 2.31. The van der Waals surface area contributed by atoms with Crippen molar-refractivity contribution in [1.29, 1.82) is 0 Å². The van der Waals surface area contributed by atoms with E-state index in [1.54, 1.807) is 13.8 Å². The molecular formula is C20H31N3O3S. The molecule has 1 N–H and O–H groups in total. The van der Waals surface area contributed by atoms with Crippen molar-refractivity contribution < 1.29 is 14.3 Å². The van der Waals surface area contributed by atoms with Crippen molar-refractivity contribution >= 4 is 28.5 Å². The maximum Gasteiger partial charge on any atom is 0.350 e. The molecule has 1 aromatic rings. The topological polar surface area (TPSA) is 71.5 Å². The summed E-state index contributed by atoms with van der Waals surface area (Å²) in [5, 5.41) is 3.46. The lowest BCUT2D eigenvalue weighted by atomic mass is 9.89. The third-order valence-electron chi connectivity index (χ3n) is 5.64. The van der Waals surface area contributed by atoms with Gasteiger partial charge in [-0.3, -0.25) is 5.32 Å². The third-order valence-corrected chi connectivity index (χ3v) is 6.69. The summed E-state index contributed by atoms with van der Waals surface area (Å²) in [6.45, 7) is 3.89. The first-order valence-electron chi connectivity index (χ1n) is 10.3. The average molecular weight is 394 g/mol. The van der Waals surface area contributed by atoms with Gasteiger partial charge in [-0.25, -0.2) is 14.6 Å². The van der Waals surface area contributed by atoms with Gasteiger partial charge in [0.15, 0.2) is 5.13 Å². The number of urea groups is 1. The van der Waals surface area contributed by atoms with Gasteiger partial charge in [-0.2, -0.15) is 0 Å². The molecule has 2 amide bonds. The van der Waals surface area contributed by atoms with E-state index in [0.717, 1.165) is 25.7 Å². The predicted molar refractivity (Wildman–Crippen MR) is 107 cm³/mol. The smallest absolute Gasteiger partial charge is 0.350 e. The molecule has 150 valence electrons. The lowest BCUT2D eigenvalue weighted by Gasteiger charge is -2.41. The van der Waals surface area contributed by atoms with Gasteiger partial charge in [0, 0.05) is 12.1 Å². The lowest BCUT2D eigenvalue weighted by molar-refractivity contribution is 0.0531. The van der Waals surface area contributed by atoms with Gasteiger partial charge >= 0.3 is 12.0 Å². The maximum absolute atomic E-state index is 13.2. The number of ether oxygens (including phenoxy) is 1. The summed E-state index contributed by atoms with van der Waals surface area (Å²) >= 11 is 1.20. The Kier molecular flexibility index (Phi) is 7.10. The third kappa shape index (κ3) is 5.00. The number of nitrogens with one attached hydrogen (secondary N) is 1. The molecule has 0 radical (unpaired) electrons. The van der Waals surface area contributed by atoms with Gasteiger partial charge < -0.3 is 9.64 Å². The van der Waals surface area contributed by atoms with Crippen LogP contribution in [0.2, 0.25) is 0 Å². The molecule has 1 aromatic heterocycles. The monoisotopic (exact) mass is 393 g/mol. The predicted octanol–water partition coefficient (Wildman–Crippen LogP) is 5.13. The summed E-state index contributed by atoms with van der Waals surface area (Å²) in [5.74, 6) is -0.371. The number of anilines is 1. The van der Waals surface area contributed by atoms with Crippen LogP contribution >= 0.6 is 11.3 Å². The van der Waals surface area contributed by atoms with E-state index in [2.05, 4.69) is 15.2 Å². The zero-order chi connectivity index (χ0) is 19.2. The Morgan fingerprint density at radius 1 is 1.07 bits per heavy atom. The number of carbonyl (C=O) groups is 2. The molecule has 2 aliphatic rings. The molecule has 0 atom stereocenters. The molecule has 2 saturated carbocycles. The van der Waals surface area contributed by atoms with Crippen molar-refractivity contribution in [2.75, 3.05) is 11.9 Å². The van der Waals surface area contributed by atoms with E-state index < -0.39 is 0 Å². The first-order valence-corrected chi connectivity index (χ1v) is 11.2. The zero-order valence-corrected chi connectivity index (χ0v) is 17.3. The molecule has 6 nitrogen and oxygen atoms in total. The molecule has 0 bridgehead atoms. The highest BCUT2D eigenvalue weighted by atomic mass is 32.1. The number of hydrogen-bond acceptors (Lipinski definition) is 5. The van der Waals surface area contributed by atoms with Crippen LogP contribution in [0.3, 0.4) is 0 Å². The quantitative estimate of drug-likeness (QED) is 0.704. The van der Waals surface area contributed by atoms with Gasteiger partial charge in [0.2, 0.25) is 0 Å². The number of aryl methyl sites for hydroxylation is 1. The Morgan fingerprint density at radius 3 is 2.15 bits per heavy atom. The molecular weight excluding hydrogens is 362 g/mol. The minimum atomic E-state index is -0.371. The fraction of sp³-hybridized carbons (Fsp3) is 0.750.